The minimum atomic E-state index is 0.783. The average molecular weight is 210 g/mol. The lowest BCUT2D eigenvalue weighted by Crippen LogP contribution is -1.95. The van der Waals surface area contributed by atoms with Gasteiger partial charge >= 0.3 is 0 Å². The first kappa shape index (κ1) is 8.72. The Morgan fingerprint density at radius 3 is 2.92 bits per heavy atom. The van der Waals surface area contributed by atoms with Crippen molar-refractivity contribution in [2.45, 2.75) is 13.5 Å². The van der Waals surface area contributed by atoms with Crippen molar-refractivity contribution < 1.29 is 0 Å². The number of thiophene rings is 1. The molecule has 68 valence electrons. The summed E-state index contributed by atoms with van der Waals surface area (Å²) in [5.74, 6) is 0. The molecule has 0 bridgehead atoms. The predicted octanol–water partition coefficient (Wildman–Crippen LogP) is 2.96. The van der Waals surface area contributed by atoms with Gasteiger partial charge < -0.3 is 9.55 Å². The van der Waals surface area contributed by atoms with Crippen molar-refractivity contribution in [1.29, 1.82) is 0 Å². The zero-order valence-electron chi connectivity index (χ0n) is 7.28. The Morgan fingerprint density at radius 2 is 2.38 bits per heavy atom. The standard InChI is InChI=1S/C9H10N2S2/c1-7-2-3-8(13-7)6-11-5-4-10-9(11)12/h2-5H,6H2,1H3,(H,10,12). The minimum Gasteiger partial charge on any atom is -0.337 e. The second-order valence-corrected chi connectivity index (χ2v) is 4.66. The number of nitrogens with one attached hydrogen (secondary N) is 1. The predicted molar refractivity (Wildman–Crippen MR) is 57.8 cm³/mol. The van der Waals surface area contributed by atoms with Gasteiger partial charge in [0.05, 0.1) is 6.54 Å². The van der Waals surface area contributed by atoms with Gasteiger partial charge in [0.15, 0.2) is 4.77 Å². The molecule has 2 aromatic rings. The summed E-state index contributed by atoms with van der Waals surface area (Å²) in [4.78, 5) is 5.66. The van der Waals surface area contributed by atoms with Crippen molar-refractivity contribution in [3.63, 3.8) is 0 Å². The van der Waals surface area contributed by atoms with Crippen LogP contribution in [0, 0.1) is 11.7 Å². The molecular weight excluding hydrogens is 200 g/mol. The molecular formula is C9H10N2S2. The van der Waals surface area contributed by atoms with Crippen LogP contribution >= 0.6 is 23.6 Å². The van der Waals surface area contributed by atoms with Gasteiger partial charge in [-0.05, 0) is 31.3 Å². The van der Waals surface area contributed by atoms with Gasteiger partial charge in [-0.3, -0.25) is 0 Å². The second-order valence-electron chi connectivity index (χ2n) is 2.91. The van der Waals surface area contributed by atoms with Crippen LogP contribution in [0.2, 0.25) is 0 Å². The van der Waals surface area contributed by atoms with Crippen LogP contribution in [0.1, 0.15) is 9.75 Å². The zero-order valence-corrected chi connectivity index (χ0v) is 8.91. The van der Waals surface area contributed by atoms with Crippen molar-refractivity contribution in [1.82, 2.24) is 9.55 Å². The van der Waals surface area contributed by atoms with Crippen LogP contribution in [0.15, 0.2) is 24.5 Å². The number of nitrogens with zero attached hydrogens (tertiary/aromatic N) is 1. The van der Waals surface area contributed by atoms with Crippen LogP contribution in [0.25, 0.3) is 0 Å². The Bertz CT molecular complexity index is 450. The van der Waals surface area contributed by atoms with E-state index >= 15 is 0 Å². The number of rotatable bonds is 2. The van der Waals surface area contributed by atoms with E-state index in [9.17, 15) is 0 Å². The van der Waals surface area contributed by atoms with Gasteiger partial charge in [-0.15, -0.1) is 11.3 Å². The second kappa shape index (κ2) is 3.47. The van der Waals surface area contributed by atoms with E-state index in [2.05, 4.69) is 24.0 Å². The maximum atomic E-state index is 5.10. The van der Waals surface area contributed by atoms with E-state index in [1.165, 1.54) is 9.75 Å². The molecule has 4 heteroatoms. The number of aromatic amines is 1. The molecule has 0 saturated carbocycles. The lowest BCUT2D eigenvalue weighted by Gasteiger charge is -1.97. The van der Waals surface area contributed by atoms with Crippen molar-refractivity contribution in [2.24, 2.45) is 0 Å². The van der Waals surface area contributed by atoms with E-state index in [0.717, 1.165) is 11.3 Å². The summed E-state index contributed by atoms with van der Waals surface area (Å²) < 4.78 is 2.81. The number of imidazole rings is 1. The Hall–Kier alpha value is -0.870. The molecule has 0 fully saturated rings. The molecule has 0 radical (unpaired) electrons. The number of hydrogen-bond donors (Lipinski definition) is 1. The third-order valence-electron chi connectivity index (χ3n) is 1.84. The Morgan fingerprint density at radius 1 is 1.54 bits per heavy atom. The first-order chi connectivity index (χ1) is 6.25. The van der Waals surface area contributed by atoms with Gasteiger partial charge in [0.1, 0.15) is 0 Å². The molecule has 0 amide bonds. The normalized spacial score (nSPS) is 10.5. The Labute approximate surface area is 85.9 Å². The summed E-state index contributed by atoms with van der Waals surface area (Å²) in [6.07, 6.45) is 3.83. The van der Waals surface area contributed by atoms with E-state index in [-0.39, 0.29) is 0 Å². The van der Waals surface area contributed by atoms with Crippen LogP contribution in [0.4, 0.5) is 0 Å². The number of hydrogen-bond acceptors (Lipinski definition) is 2. The first-order valence-corrected chi connectivity index (χ1v) is 5.27. The summed E-state index contributed by atoms with van der Waals surface area (Å²) in [5, 5.41) is 0. The molecule has 2 heterocycles. The van der Waals surface area contributed by atoms with Crippen LogP contribution in [-0.4, -0.2) is 9.55 Å². The Balaban J connectivity index is 2.24. The van der Waals surface area contributed by atoms with Crippen molar-refractivity contribution in [3.05, 3.63) is 39.1 Å². The summed E-state index contributed by atoms with van der Waals surface area (Å²) in [6.45, 7) is 2.99. The topological polar surface area (TPSA) is 20.7 Å². The van der Waals surface area contributed by atoms with Crippen molar-refractivity contribution >= 4 is 23.6 Å². The van der Waals surface area contributed by atoms with Gasteiger partial charge in [0.2, 0.25) is 0 Å². The highest BCUT2D eigenvalue weighted by Crippen LogP contribution is 2.16. The summed E-state index contributed by atoms with van der Waals surface area (Å²) in [7, 11) is 0. The maximum Gasteiger partial charge on any atom is 0.177 e. The van der Waals surface area contributed by atoms with E-state index in [1.54, 1.807) is 0 Å². The zero-order chi connectivity index (χ0) is 9.26. The highest BCUT2D eigenvalue weighted by atomic mass is 32.1. The van der Waals surface area contributed by atoms with E-state index in [0.29, 0.717) is 0 Å². The number of aromatic nitrogens is 2. The fourth-order valence-electron chi connectivity index (χ4n) is 1.21. The molecule has 0 unspecified atom stereocenters. The van der Waals surface area contributed by atoms with Gasteiger partial charge in [-0.25, -0.2) is 0 Å². The summed E-state index contributed by atoms with van der Waals surface area (Å²) >= 11 is 6.92. The smallest absolute Gasteiger partial charge is 0.177 e. The largest absolute Gasteiger partial charge is 0.337 e. The molecule has 13 heavy (non-hydrogen) atoms. The maximum absolute atomic E-state index is 5.10. The molecule has 2 nitrogen and oxygen atoms in total. The molecule has 0 aliphatic rings. The molecule has 0 saturated heterocycles. The first-order valence-electron chi connectivity index (χ1n) is 4.05. The van der Waals surface area contributed by atoms with Gasteiger partial charge in [0.25, 0.3) is 0 Å². The minimum absolute atomic E-state index is 0.783. The van der Waals surface area contributed by atoms with E-state index in [1.807, 2.05) is 28.3 Å². The number of H-pyrrole nitrogens is 1. The molecule has 0 aliphatic heterocycles. The highest BCUT2D eigenvalue weighted by molar-refractivity contribution is 7.71. The molecule has 0 aliphatic carbocycles. The third-order valence-corrected chi connectivity index (χ3v) is 3.18. The van der Waals surface area contributed by atoms with Gasteiger partial charge in [0, 0.05) is 22.1 Å². The van der Waals surface area contributed by atoms with E-state index < -0.39 is 0 Å². The summed E-state index contributed by atoms with van der Waals surface area (Å²) in [5.41, 5.74) is 0. The van der Waals surface area contributed by atoms with Crippen molar-refractivity contribution in [3.8, 4) is 0 Å². The van der Waals surface area contributed by atoms with Crippen molar-refractivity contribution in [2.75, 3.05) is 0 Å². The molecule has 0 spiro atoms. The highest BCUT2D eigenvalue weighted by Gasteiger charge is 1.98. The molecule has 2 rings (SSSR count). The fraction of sp³-hybridized carbons (Fsp3) is 0.222. The van der Waals surface area contributed by atoms with Crippen LogP contribution in [0.5, 0.6) is 0 Å². The van der Waals surface area contributed by atoms with E-state index in [4.69, 9.17) is 12.2 Å². The SMILES string of the molecule is Cc1ccc(Cn2cc[nH]c2=S)s1. The molecule has 1 N–H and O–H groups in total. The van der Waals surface area contributed by atoms with Crippen LogP contribution in [0.3, 0.4) is 0 Å². The molecule has 0 aromatic carbocycles. The van der Waals surface area contributed by atoms with Gasteiger partial charge in [-0.2, -0.15) is 0 Å². The third kappa shape index (κ3) is 1.89. The fourth-order valence-corrected chi connectivity index (χ4v) is 2.29. The lowest BCUT2D eigenvalue weighted by molar-refractivity contribution is 0.796. The summed E-state index contributed by atoms with van der Waals surface area (Å²) in [6, 6.07) is 4.28. The molecule has 2 aromatic heterocycles. The van der Waals surface area contributed by atoms with Crippen LogP contribution in [-0.2, 0) is 6.54 Å². The van der Waals surface area contributed by atoms with Gasteiger partial charge in [-0.1, -0.05) is 0 Å². The Kier molecular flexibility index (Phi) is 2.33. The number of aryl methyl sites for hydroxylation is 1. The monoisotopic (exact) mass is 210 g/mol. The average Bonchev–Trinajstić information content (AvgIpc) is 2.64. The lowest BCUT2D eigenvalue weighted by atomic mass is 10.4. The molecule has 0 atom stereocenters. The quantitative estimate of drug-likeness (QED) is 0.756. The van der Waals surface area contributed by atoms with Crippen LogP contribution < -0.4 is 0 Å².